The van der Waals surface area contributed by atoms with Gasteiger partial charge in [0.25, 0.3) is 0 Å². The van der Waals surface area contributed by atoms with E-state index in [2.05, 4.69) is 5.32 Å². The Morgan fingerprint density at radius 1 is 1.50 bits per heavy atom. The van der Waals surface area contributed by atoms with Crippen molar-refractivity contribution in [1.82, 2.24) is 0 Å². The number of nitrogens with one attached hydrogen (secondary N) is 1. The fraction of sp³-hybridized carbons (Fsp3) is 0.385. The third-order valence-electron chi connectivity index (χ3n) is 2.73. The first-order valence-corrected chi connectivity index (χ1v) is 5.78. The molecular weight excluding hydrogens is 232 g/mol. The van der Waals surface area contributed by atoms with Crippen molar-refractivity contribution in [2.45, 2.75) is 6.42 Å². The second-order valence-corrected chi connectivity index (χ2v) is 4.02. The van der Waals surface area contributed by atoms with E-state index in [0.29, 0.717) is 19.0 Å². The molecule has 0 radical (unpaired) electrons. The molecule has 0 aliphatic carbocycles. The van der Waals surface area contributed by atoms with Crippen molar-refractivity contribution in [2.24, 2.45) is 5.92 Å². The lowest BCUT2D eigenvalue weighted by Crippen LogP contribution is -2.22. The number of nitrogens with zero attached hydrogens (tertiary/aromatic N) is 1. The summed E-state index contributed by atoms with van der Waals surface area (Å²) in [7, 11) is 0. The molecule has 0 saturated carbocycles. The maximum atomic E-state index is 11.8. The Hall–Kier alpha value is -2.06. The minimum absolute atomic E-state index is 0.0156. The lowest BCUT2D eigenvalue weighted by atomic mass is 10.1. The first-order valence-electron chi connectivity index (χ1n) is 5.78. The zero-order chi connectivity index (χ0) is 12.8. The highest BCUT2D eigenvalue weighted by Crippen LogP contribution is 2.18. The van der Waals surface area contributed by atoms with Gasteiger partial charge in [0, 0.05) is 12.3 Å². The number of carbonyl (C=O) groups is 1. The first kappa shape index (κ1) is 12.4. The van der Waals surface area contributed by atoms with Gasteiger partial charge in [-0.1, -0.05) is 0 Å². The van der Waals surface area contributed by atoms with Crippen molar-refractivity contribution in [3.8, 4) is 11.8 Å². The van der Waals surface area contributed by atoms with Crippen molar-refractivity contribution in [3.05, 3.63) is 24.3 Å². The predicted molar refractivity (Wildman–Crippen MR) is 65.1 cm³/mol. The largest absolute Gasteiger partial charge is 0.479 e. The van der Waals surface area contributed by atoms with Crippen LogP contribution in [0.5, 0.6) is 5.75 Å². The van der Waals surface area contributed by atoms with E-state index in [4.69, 9.17) is 14.7 Å². The molecule has 0 aromatic heterocycles. The van der Waals surface area contributed by atoms with Crippen LogP contribution in [-0.2, 0) is 9.53 Å². The second-order valence-electron chi connectivity index (χ2n) is 4.02. The molecule has 18 heavy (non-hydrogen) atoms. The Morgan fingerprint density at radius 3 is 2.89 bits per heavy atom. The van der Waals surface area contributed by atoms with Crippen molar-refractivity contribution >= 4 is 11.6 Å². The molecule has 1 atom stereocenters. The summed E-state index contributed by atoms with van der Waals surface area (Å²) in [5.41, 5.74) is 0.719. The standard InChI is InChI=1S/C13H14N2O3/c14-6-8-18-12-3-1-11(2-4-12)15-13(16)10-5-7-17-9-10/h1-4,10H,5,7-9H2,(H,15,16)/t10-/m1/s1. The van der Waals surface area contributed by atoms with Gasteiger partial charge in [0.15, 0.2) is 6.61 Å². The number of hydrogen-bond donors (Lipinski definition) is 1. The summed E-state index contributed by atoms with van der Waals surface area (Å²) in [4.78, 5) is 11.8. The number of anilines is 1. The normalized spacial score (nSPS) is 18.1. The number of benzene rings is 1. The van der Waals surface area contributed by atoms with Gasteiger partial charge in [-0.25, -0.2) is 0 Å². The number of ether oxygens (including phenoxy) is 2. The summed E-state index contributed by atoms with van der Waals surface area (Å²) >= 11 is 0. The summed E-state index contributed by atoms with van der Waals surface area (Å²) < 4.78 is 10.3. The van der Waals surface area contributed by atoms with Gasteiger partial charge in [0.05, 0.1) is 12.5 Å². The molecule has 0 spiro atoms. The van der Waals surface area contributed by atoms with E-state index in [1.54, 1.807) is 24.3 Å². The van der Waals surface area contributed by atoms with Crippen LogP contribution in [0.4, 0.5) is 5.69 Å². The molecule has 5 nitrogen and oxygen atoms in total. The fourth-order valence-electron chi connectivity index (χ4n) is 1.74. The van der Waals surface area contributed by atoms with Crippen LogP contribution < -0.4 is 10.1 Å². The summed E-state index contributed by atoms with van der Waals surface area (Å²) in [5.74, 6) is 0.538. The average molecular weight is 246 g/mol. The van der Waals surface area contributed by atoms with Gasteiger partial charge in [0.2, 0.25) is 5.91 Å². The van der Waals surface area contributed by atoms with Crippen LogP contribution in [0.2, 0.25) is 0 Å². The molecule has 1 N–H and O–H groups in total. The highest BCUT2D eigenvalue weighted by Gasteiger charge is 2.23. The van der Waals surface area contributed by atoms with Gasteiger partial charge in [-0.05, 0) is 30.7 Å². The van der Waals surface area contributed by atoms with E-state index in [1.165, 1.54) is 0 Å². The Balaban J connectivity index is 1.89. The number of rotatable bonds is 4. The molecule has 0 bridgehead atoms. The number of nitriles is 1. The SMILES string of the molecule is N#CCOc1ccc(NC(=O)[C@@H]2CCOC2)cc1. The Morgan fingerprint density at radius 2 is 2.28 bits per heavy atom. The Kier molecular flexibility index (Phi) is 4.15. The summed E-state index contributed by atoms with van der Waals surface area (Å²) in [6.07, 6.45) is 0.773. The summed E-state index contributed by atoms with van der Waals surface area (Å²) in [6, 6.07) is 8.84. The van der Waals surface area contributed by atoms with Crippen molar-refractivity contribution in [1.29, 1.82) is 5.26 Å². The average Bonchev–Trinajstić information content (AvgIpc) is 2.92. The molecule has 1 aromatic rings. The van der Waals surface area contributed by atoms with Crippen LogP contribution in [0.15, 0.2) is 24.3 Å². The zero-order valence-corrected chi connectivity index (χ0v) is 9.89. The monoisotopic (exact) mass is 246 g/mol. The molecule has 1 aliphatic rings. The Bertz CT molecular complexity index is 444. The van der Waals surface area contributed by atoms with Gasteiger partial charge in [-0.3, -0.25) is 4.79 Å². The van der Waals surface area contributed by atoms with E-state index < -0.39 is 0 Å². The number of amides is 1. The molecule has 1 fully saturated rings. The smallest absolute Gasteiger partial charge is 0.229 e. The van der Waals surface area contributed by atoms with Crippen LogP contribution >= 0.6 is 0 Å². The minimum atomic E-state index is -0.0560. The van der Waals surface area contributed by atoms with Gasteiger partial charge >= 0.3 is 0 Å². The highest BCUT2D eigenvalue weighted by atomic mass is 16.5. The zero-order valence-electron chi connectivity index (χ0n) is 9.89. The van der Waals surface area contributed by atoms with Crippen molar-refractivity contribution < 1.29 is 14.3 Å². The summed E-state index contributed by atoms with van der Waals surface area (Å²) in [5, 5.41) is 11.2. The lowest BCUT2D eigenvalue weighted by Gasteiger charge is -2.09. The number of carbonyl (C=O) groups excluding carboxylic acids is 1. The minimum Gasteiger partial charge on any atom is -0.479 e. The van der Waals surface area contributed by atoms with Crippen LogP contribution in [-0.4, -0.2) is 25.7 Å². The van der Waals surface area contributed by atoms with E-state index >= 15 is 0 Å². The quantitative estimate of drug-likeness (QED) is 0.875. The number of hydrogen-bond acceptors (Lipinski definition) is 4. The molecule has 2 rings (SSSR count). The van der Waals surface area contributed by atoms with E-state index in [9.17, 15) is 4.79 Å². The lowest BCUT2D eigenvalue weighted by molar-refractivity contribution is -0.119. The third-order valence-corrected chi connectivity index (χ3v) is 2.73. The molecular formula is C13H14N2O3. The van der Waals surface area contributed by atoms with Gasteiger partial charge < -0.3 is 14.8 Å². The molecule has 1 saturated heterocycles. The second kappa shape index (κ2) is 6.03. The van der Waals surface area contributed by atoms with E-state index in [1.807, 2.05) is 6.07 Å². The molecule has 1 aliphatic heterocycles. The molecule has 5 heteroatoms. The highest BCUT2D eigenvalue weighted by molar-refractivity contribution is 5.92. The molecule has 0 unspecified atom stereocenters. The fourth-order valence-corrected chi connectivity index (χ4v) is 1.74. The van der Waals surface area contributed by atoms with Crippen molar-refractivity contribution in [2.75, 3.05) is 25.1 Å². The van der Waals surface area contributed by atoms with E-state index in [-0.39, 0.29) is 18.4 Å². The van der Waals surface area contributed by atoms with Gasteiger partial charge in [-0.15, -0.1) is 0 Å². The Labute approximate surface area is 105 Å². The van der Waals surface area contributed by atoms with Crippen LogP contribution in [0.3, 0.4) is 0 Å². The summed E-state index contributed by atoms with van der Waals surface area (Å²) in [6.45, 7) is 1.17. The van der Waals surface area contributed by atoms with Crippen LogP contribution in [0.1, 0.15) is 6.42 Å². The topological polar surface area (TPSA) is 71.3 Å². The molecule has 1 aromatic carbocycles. The maximum Gasteiger partial charge on any atom is 0.229 e. The van der Waals surface area contributed by atoms with Gasteiger partial charge in [0.1, 0.15) is 11.8 Å². The van der Waals surface area contributed by atoms with Crippen LogP contribution in [0, 0.1) is 17.2 Å². The predicted octanol–water partition coefficient (Wildman–Crippen LogP) is 1.56. The first-order chi connectivity index (χ1) is 8.79. The van der Waals surface area contributed by atoms with Gasteiger partial charge in [-0.2, -0.15) is 5.26 Å². The third kappa shape index (κ3) is 3.22. The van der Waals surface area contributed by atoms with Crippen LogP contribution in [0.25, 0.3) is 0 Å². The molecule has 1 amide bonds. The maximum absolute atomic E-state index is 11.8. The van der Waals surface area contributed by atoms with Crippen molar-refractivity contribution in [3.63, 3.8) is 0 Å². The van der Waals surface area contributed by atoms with E-state index in [0.717, 1.165) is 12.1 Å². The molecule has 1 heterocycles. The molecule has 94 valence electrons.